The second-order valence-corrected chi connectivity index (χ2v) is 2.67. The Morgan fingerprint density at radius 1 is 1.53 bits per heavy atom. The van der Waals surface area contributed by atoms with Crippen molar-refractivity contribution >= 4 is 5.82 Å². The third kappa shape index (κ3) is 2.49. The van der Waals surface area contributed by atoms with Crippen LogP contribution in [0.2, 0.25) is 0 Å². The average molecular weight is 217 g/mol. The number of hydrogen-bond donors (Lipinski definition) is 1. The first-order valence-corrected chi connectivity index (χ1v) is 3.76. The van der Waals surface area contributed by atoms with Crippen LogP contribution in [-0.2, 0) is 0 Å². The third-order valence-electron chi connectivity index (χ3n) is 1.66. The first kappa shape index (κ1) is 11.1. The number of ether oxygens (including phenoxy) is 1. The Morgan fingerprint density at radius 3 is 2.60 bits per heavy atom. The van der Waals surface area contributed by atoms with E-state index in [1.807, 2.05) is 0 Å². The number of rotatable bonds is 1. The van der Waals surface area contributed by atoms with Crippen molar-refractivity contribution in [3.63, 3.8) is 0 Å². The predicted molar refractivity (Wildman–Crippen MR) is 44.8 cm³/mol. The summed E-state index contributed by atoms with van der Waals surface area (Å²) in [6.07, 6.45) is -4.08. The van der Waals surface area contributed by atoms with Crippen molar-refractivity contribution in [1.82, 2.24) is 4.98 Å². The summed E-state index contributed by atoms with van der Waals surface area (Å²) in [5, 5.41) is 8.64. The number of aromatic nitrogens is 1. The first-order valence-electron chi connectivity index (χ1n) is 3.76. The fraction of sp³-hybridized carbons (Fsp3) is 0.250. The van der Waals surface area contributed by atoms with Gasteiger partial charge in [-0.15, -0.1) is 13.2 Å². The second kappa shape index (κ2) is 3.65. The minimum atomic E-state index is -4.85. The Kier molecular flexibility index (Phi) is 2.70. The number of nitrogens with two attached hydrogens (primary N) is 1. The van der Waals surface area contributed by atoms with Crippen LogP contribution in [0.1, 0.15) is 11.1 Å². The van der Waals surface area contributed by atoms with E-state index in [0.29, 0.717) is 0 Å². The van der Waals surface area contributed by atoms with Gasteiger partial charge in [-0.2, -0.15) is 5.26 Å². The number of nitrogen functional groups attached to an aromatic ring is 1. The van der Waals surface area contributed by atoms with Crippen LogP contribution in [-0.4, -0.2) is 11.3 Å². The monoisotopic (exact) mass is 217 g/mol. The average Bonchev–Trinajstić information content (AvgIpc) is 2.10. The van der Waals surface area contributed by atoms with Crippen molar-refractivity contribution < 1.29 is 17.9 Å². The normalized spacial score (nSPS) is 10.9. The van der Waals surface area contributed by atoms with Crippen molar-refractivity contribution in [3.05, 3.63) is 17.3 Å². The molecule has 0 spiro atoms. The third-order valence-corrected chi connectivity index (χ3v) is 1.66. The van der Waals surface area contributed by atoms with Gasteiger partial charge in [0, 0.05) is 5.56 Å². The number of alkyl halides is 3. The van der Waals surface area contributed by atoms with Crippen LogP contribution in [0.25, 0.3) is 0 Å². The Balaban J connectivity index is 3.21. The molecule has 0 radical (unpaired) electrons. The van der Waals surface area contributed by atoms with E-state index in [4.69, 9.17) is 11.0 Å². The molecule has 1 aromatic rings. The lowest BCUT2D eigenvalue weighted by molar-refractivity contribution is -0.274. The molecule has 0 bridgehead atoms. The number of hydrogen-bond acceptors (Lipinski definition) is 4. The Hall–Kier alpha value is -1.97. The molecule has 0 aliphatic carbocycles. The summed E-state index contributed by atoms with van der Waals surface area (Å²) in [5.41, 5.74) is 5.23. The van der Waals surface area contributed by atoms with Crippen LogP contribution in [0.4, 0.5) is 19.0 Å². The smallest absolute Gasteiger partial charge is 0.403 e. The van der Waals surface area contributed by atoms with Gasteiger partial charge in [-0.05, 0) is 6.92 Å². The van der Waals surface area contributed by atoms with Gasteiger partial charge < -0.3 is 10.5 Å². The minimum Gasteiger partial charge on any atom is -0.403 e. The molecule has 1 rings (SSSR count). The quantitative estimate of drug-likeness (QED) is 0.777. The maximum absolute atomic E-state index is 11.9. The highest BCUT2D eigenvalue weighted by Crippen LogP contribution is 2.28. The van der Waals surface area contributed by atoms with Gasteiger partial charge in [0.2, 0.25) is 0 Å². The van der Waals surface area contributed by atoms with Gasteiger partial charge in [0.05, 0.1) is 6.20 Å². The van der Waals surface area contributed by atoms with Crippen molar-refractivity contribution in [2.45, 2.75) is 13.3 Å². The lowest BCUT2D eigenvalue weighted by atomic mass is 10.1. The highest BCUT2D eigenvalue weighted by atomic mass is 19.4. The van der Waals surface area contributed by atoms with Gasteiger partial charge in [-0.1, -0.05) is 0 Å². The molecule has 0 aliphatic rings. The number of nitriles is 1. The van der Waals surface area contributed by atoms with Crippen molar-refractivity contribution in [3.8, 4) is 11.8 Å². The van der Waals surface area contributed by atoms with E-state index >= 15 is 0 Å². The Labute approximate surface area is 83.1 Å². The van der Waals surface area contributed by atoms with E-state index < -0.39 is 12.1 Å². The summed E-state index contributed by atoms with van der Waals surface area (Å²) in [4.78, 5) is 3.47. The molecule has 0 unspecified atom stereocenters. The summed E-state index contributed by atoms with van der Waals surface area (Å²) in [5.74, 6) is -0.641. The maximum atomic E-state index is 11.9. The lowest BCUT2D eigenvalue weighted by Crippen LogP contribution is -2.18. The molecule has 1 heterocycles. The van der Waals surface area contributed by atoms with Crippen LogP contribution in [0.3, 0.4) is 0 Å². The zero-order valence-corrected chi connectivity index (χ0v) is 7.59. The number of halogens is 3. The number of pyridine rings is 1. The first-order chi connectivity index (χ1) is 6.85. The molecule has 0 saturated carbocycles. The van der Waals surface area contributed by atoms with E-state index in [0.717, 1.165) is 6.20 Å². The summed E-state index contributed by atoms with van der Waals surface area (Å²) in [7, 11) is 0. The molecular weight excluding hydrogens is 211 g/mol. The second-order valence-electron chi connectivity index (χ2n) is 2.67. The predicted octanol–water partition coefficient (Wildman–Crippen LogP) is 1.74. The molecule has 15 heavy (non-hydrogen) atoms. The molecule has 0 saturated heterocycles. The van der Waals surface area contributed by atoms with Crippen LogP contribution in [0.15, 0.2) is 6.20 Å². The van der Waals surface area contributed by atoms with Crippen molar-refractivity contribution in [2.75, 3.05) is 5.73 Å². The minimum absolute atomic E-state index is 0.000995. The van der Waals surface area contributed by atoms with Crippen LogP contribution < -0.4 is 10.5 Å². The van der Waals surface area contributed by atoms with Crippen LogP contribution >= 0.6 is 0 Å². The number of nitrogens with zero attached hydrogens (tertiary/aromatic N) is 2. The van der Waals surface area contributed by atoms with Gasteiger partial charge in [0.25, 0.3) is 0 Å². The summed E-state index contributed by atoms with van der Waals surface area (Å²) in [6.45, 7) is 1.39. The molecule has 0 aromatic carbocycles. The molecule has 0 aliphatic heterocycles. The van der Waals surface area contributed by atoms with Gasteiger partial charge in [0.1, 0.15) is 17.5 Å². The fourth-order valence-corrected chi connectivity index (χ4v) is 0.943. The van der Waals surface area contributed by atoms with Gasteiger partial charge in [0.15, 0.2) is 5.75 Å². The molecule has 4 nitrogen and oxygen atoms in total. The molecule has 0 amide bonds. The van der Waals surface area contributed by atoms with E-state index in [2.05, 4.69) is 9.72 Å². The summed E-state index contributed by atoms with van der Waals surface area (Å²) >= 11 is 0. The van der Waals surface area contributed by atoms with Crippen molar-refractivity contribution in [1.29, 1.82) is 5.26 Å². The highest BCUT2D eigenvalue weighted by Gasteiger charge is 2.32. The van der Waals surface area contributed by atoms with E-state index in [9.17, 15) is 13.2 Å². The molecular formula is C8H6F3N3O. The lowest BCUT2D eigenvalue weighted by Gasteiger charge is -2.11. The molecule has 80 valence electrons. The number of anilines is 1. The van der Waals surface area contributed by atoms with Gasteiger partial charge in [-0.25, -0.2) is 4.98 Å². The van der Waals surface area contributed by atoms with E-state index in [-0.39, 0.29) is 16.9 Å². The molecule has 0 atom stereocenters. The van der Waals surface area contributed by atoms with E-state index in [1.165, 1.54) is 6.92 Å². The highest BCUT2D eigenvalue weighted by molar-refractivity contribution is 5.55. The molecule has 2 N–H and O–H groups in total. The zero-order valence-electron chi connectivity index (χ0n) is 7.59. The standard InChI is InChI=1S/C8H6F3N3O/c1-4-5(2-12)6(3-14-7(4)13)15-8(9,10)11/h3H,1H3,(H2,13,14). The topological polar surface area (TPSA) is 71.9 Å². The fourth-order valence-electron chi connectivity index (χ4n) is 0.943. The maximum Gasteiger partial charge on any atom is 0.573 e. The van der Waals surface area contributed by atoms with Gasteiger partial charge >= 0.3 is 6.36 Å². The molecule has 7 heteroatoms. The summed E-state index contributed by atoms with van der Waals surface area (Å²) < 4.78 is 39.3. The SMILES string of the molecule is Cc1c(N)ncc(OC(F)(F)F)c1C#N. The van der Waals surface area contributed by atoms with Crippen molar-refractivity contribution in [2.24, 2.45) is 0 Å². The Morgan fingerprint density at radius 2 is 2.13 bits per heavy atom. The van der Waals surface area contributed by atoms with Crippen LogP contribution in [0.5, 0.6) is 5.75 Å². The zero-order chi connectivity index (χ0) is 11.6. The largest absolute Gasteiger partial charge is 0.573 e. The van der Waals surface area contributed by atoms with Gasteiger partial charge in [-0.3, -0.25) is 0 Å². The Bertz CT molecular complexity index is 422. The molecule has 1 aromatic heterocycles. The molecule has 0 fully saturated rings. The summed E-state index contributed by atoms with van der Waals surface area (Å²) in [6, 6.07) is 1.58. The van der Waals surface area contributed by atoms with Crippen LogP contribution in [0, 0.1) is 18.3 Å². The van der Waals surface area contributed by atoms with E-state index in [1.54, 1.807) is 6.07 Å².